The smallest absolute Gasteiger partial charge is 0.323 e. The number of aryl methyl sites for hydroxylation is 1. The molecule has 0 atom stereocenters. The van der Waals surface area contributed by atoms with Crippen LogP contribution in [0.5, 0.6) is 0 Å². The summed E-state index contributed by atoms with van der Waals surface area (Å²) in [5, 5.41) is 12.3. The van der Waals surface area contributed by atoms with Crippen LogP contribution in [0.4, 0.5) is 0 Å². The predicted molar refractivity (Wildman–Crippen MR) is 89.2 cm³/mol. The minimum atomic E-state index is -0.967. The van der Waals surface area contributed by atoms with E-state index < -0.39 is 5.97 Å². The molecule has 0 saturated heterocycles. The zero-order chi connectivity index (χ0) is 16.1. The minimum Gasteiger partial charge on any atom is -0.480 e. The topological polar surface area (TPSA) is 57.6 Å². The number of aliphatic carboxylic acids is 1. The summed E-state index contributed by atoms with van der Waals surface area (Å²) in [6.07, 6.45) is 1.97. The van der Waals surface area contributed by atoms with E-state index in [1.807, 2.05) is 26.0 Å². The quantitative estimate of drug-likeness (QED) is 0.849. The zero-order valence-electron chi connectivity index (χ0n) is 12.9. The van der Waals surface area contributed by atoms with Gasteiger partial charge >= 0.3 is 5.97 Å². The molecule has 1 amide bonds. The van der Waals surface area contributed by atoms with Crippen molar-refractivity contribution in [1.82, 2.24) is 4.90 Å². The first-order valence-corrected chi connectivity index (χ1v) is 8.33. The molecule has 0 unspecified atom stereocenters. The van der Waals surface area contributed by atoms with E-state index in [-0.39, 0.29) is 18.5 Å². The Labute approximate surface area is 134 Å². The predicted octanol–water partition coefficient (Wildman–Crippen LogP) is 3.55. The van der Waals surface area contributed by atoms with Gasteiger partial charge in [0.25, 0.3) is 0 Å². The van der Waals surface area contributed by atoms with Gasteiger partial charge in [0.05, 0.1) is 0 Å². The van der Waals surface area contributed by atoms with Crippen LogP contribution in [0.2, 0.25) is 0 Å². The second-order valence-electron chi connectivity index (χ2n) is 5.62. The van der Waals surface area contributed by atoms with Crippen molar-refractivity contribution in [3.8, 4) is 0 Å². The lowest BCUT2D eigenvalue weighted by Gasteiger charge is -2.24. The average Bonchev–Trinajstić information content (AvgIpc) is 2.87. The van der Waals surface area contributed by atoms with Gasteiger partial charge < -0.3 is 10.0 Å². The second kappa shape index (κ2) is 7.40. The molecule has 5 heteroatoms. The zero-order valence-corrected chi connectivity index (χ0v) is 13.7. The summed E-state index contributed by atoms with van der Waals surface area (Å²) in [5.74, 6) is -1.05. The van der Waals surface area contributed by atoms with Gasteiger partial charge in [-0.05, 0) is 49.1 Å². The molecule has 1 aromatic carbocycles. The van der Waals surface area contributed by atoms with Crippen LogP contribution in [0.1, 0.15) is 32.3 Å². The van der Waals surface area contributed by atoms with Gasteiger partial charge in [0.1, 0.15) is 6.54 Å². The molecule has 0 aliphatic rings. The third-order valence-corrected chi connectivity index (χ3v) is 4.66. The summed E-state index contributed by atoms with van der Waals surface area (Å²) in [4.78, 5) is 24.4. The lowest BCUT2D eigenvalue weighted by Crippen LogP contribution is -2.40. The number of nitrogens with zero attached hydrogens (tertiary/aromatic N) is 1. The van der Waals surface area contributed by atoms with Crippen molar-refractivity contribution in [2.45, 2.75) is 39.2 Å². The summed E-state index contributed by atoms with van der Waals surface area (Å²) < 4.78 is 1.26. The number of carbonyl (C=O) groups is 2. The fourth-order valence-electron chi connectivity index (χ4n) is 2.50. The molecule has 0 bridgehead atoms. The van der Waals surface area contributed by atoms with Gasteiger partial charge in [-0.3, -0.25) is 9.59 Å². The number of hydrogen-bond donors (Lipinski definition) is 1. The van der Waals surface area contributed by atoms with Crippen LogP contribution in [-0.2, 0) is 16.0 Å². The van der Waals surface area contributed by atoms with Gasteiger partial charge in [0.15, 0.2) is 0 Å². The Morgan fingerprint density at radius 1 is 1.27 bits per heavy atom. The largest absolute Gasteiger partial charge is 0.480 e. The van der Waals surface area contributed by atoms with E-state index in [0.29, 0.717) is 6.42 Å². The number of carboxylic acid groups (broad SMARTS) is 1. The second-order valence-corrected chi connectivity index (χ2v) is 6.53. The molecule has 0 aliphatic heterocycles. The SMILES string of the molecule is CC(C)N(CC(=O)O)C(=O)CCCc1csc2ccccc12. The summed E-state index contributed by atoms with van der Waals surface area (Å²) in [6.45, 7) is 3.46. The molecule has 2 aromatic rings. The standard InChI is InChI=1S/C17H21NO3S/c1-12(2)18(10-17(20)21)16(19)9-5-6-13-11-22-15-8-4-3-7-14(13)15/h3-4,7-8,11-12H,5-6,9-10H2,1-2H3,(H,20,21). The van der Waals surface area contributed by atoms with E-state index >= 15 is 0 Å². The molecular formula is C17H21NO3S. The Morgan fingerprint density at radius 2 is 2.00 bits per heavy atom. The van der Waals surface area contributed by atoms with Gasteiger partial charge in [-0.15, -0.1) is 11.3 Å². The highest BCUT2D eigenvalue weighted by atomic mass is 32.1. The monoisotopic (exact) mass is 319 g/mol. The Morgan fingerprint density at radius 3 is 2.68 bits per heavy atom. The molecule has 1 aromatic heterocycles. The Hall–Kier alpha value is -1.88. The van der Waals surface area contributed by atoms with Crippen molar-refractivity contribution in [2.75, 3.05) is 6.54 Å². The number of carbonyl (C=O) groups excluding carboxylic acids is 1. The maximum atomic E-state index is 12.2. The van der Waals surface area contributed by atoms with E-state index in [2.05, 4.69) is 17.5 Å². The number of benzene rings is 1. The lowest BCUT2D eigenvalue weighted by molar-refractivity contribution is -0.145. The van der Waals surface area contributed by atoms with E-state index in [1.165, 1.54) is 20.5 Å². The highest BCUT2D eigenvalue weighted by Gasteiger charge is 2.19. The molecule has 0 saturated carbocycles. The summed E-state index contributed by atoms with van der Waals surface area (Å²) in [5.41, 5.74) is 1.27. The molecule has 0 fully saturated rings. The minimum absolute atomic E-state index is 0.0862. The third-order valence-electron chi connectivity index (χ3n) is 3.65. The van der Waals surface area contributed by atoms with Gasteiger partial charge in [-0.2, -0.15) is 0 Å². The van der Waals surface area contributed by atoms with Gasteiger partial charge in [0.2, 0.25) is 5.91 Å². The molecule has 0 radical (unpaired) electrons. The third kappa shape index (κ3) is 4.07. The number of fused-ring (bicyclic) bond motifs is 1. The fraction of sp³-hybridized carbons (Fsp3) is 0.412. The van der Waals surface area contributed by atoms with Crippen LogP contribution < -0.4 is 0 Å². The fourth-order valence-corrected chi connectivity index (χ4v) is 3.50. The first-order valence-electron chi connectivity index (χ1n) is 7.45. The van der Waals surface area contributed by atoms with Crippen molar-refractivity contribution in [2.24, 2.45) is 0 Å². The summed E-state index contributed by atoms with van der Waals surface area (Å²) >= 11 is 1.72. The van der Waals surface area contributed by atoms with Crippen molar-refractivity contribution in [3.05, 3.63) is 35.2 Å². The summed E-state index contributed by atoms with van der Waals surface area (Å²) in [7, 11) is 0. The van der Waals surface area contributed by atoms with Crippen LogP contribution in [0.15, 0.2) is 29.6 Å². The molecule has 1 N–H and O–H groups in total. The molecule has 4 nitrogen and oxygen atoms in total. The first kappa shape index (κ1) is 16.5. The Bertz CT molecular complexity index is 663. The molecule has 22 heavy (non-hydrogen) atoms. The maximum absolute atomic E-state index is 12.2. The lowest BCUT2D eigenvalue weighted by atomic mass is 10.1. The maximum Gasteiger partial charge on any atom is 0.323 e. The van der Waals surface area contributed by atoms with Crippen LogP contribution in [-0.4, -0.2) is 34.5 Å². The first-order chi connectivity index (χ1) is 10.5. The molecule has 0 aliphatic carbocycles. The average molecular weight is 319 g/mol. The molecular weight excluding hydrogens is 298 g/mol. The number of carboxylic acids is 1. The van der Waals surface area contributed by atoms with Gasteiger partial charge in [-0.1, -0.05) is 18.2 Å². The Balaban J connectivity index is 1.92. The molecule has 118 valence electrons. The number of hydrogen-bond acceptors (Lipinski definition) is 3. The van der Waals surface area contributed by atoms with Crippen molar-refractivity contribution < 1.29 is 14.7 Å². The van der Waals surface area contributed by atoms with E-state index in [4.69, 9.17) is 5.11 Å². The molecule has 1 heterocycles. The van der Waals surface area contributed by atoms with Crippen molar-refractivity contribution >= 4 is 33.3 Å². The van der Waals surface area contributed by atoms with Crippen LogP contribution in [0.3, 0.4) is 0 Å². The highest BCUT2D eigenvalue weighted by Crippen LogP contribution is 2.26. The Kier molecular flexibility index (Phi) is 5.55. The number of rotatable bonds is 7. The summed E-state index contributed by atoms with van der Waals surface area (Å²) in [6, 6.07) is 8.16. The molecule has 0 spiro atoms. The normalized spacial score (nSPS) is 11.0. The van der Waals surface area contributed by atoms with Gasteiger partial charge in [-0.25, -0.2) is 0 Å². The van der Waals surface area contributed by atoms with Crippen LogP contribution in [0, 0.1) is 0 Å². The van der Waals surface area contributed by atoms with E-state index in [9.17, 15) is 9.59 Å². The molecule has 2 rings (SSSR count). The number of thiophene rings is 1. The van der Waals surface area contributed by atoms with Crippen LogP contribution >= 0.6 is 11.3 Å². The highest BCUT2D eigenvalue weighted by molar-refractivity contribution is 7.17. The van der Waals surface area contributed by atoms with E-state index in [1.54, 1.807) is 11.3 Å². The van der Waals surface area contributed by atoms with Gasteiger partial charge in [0, 0.05) is 17.2 Å². The van der Waals surface area contributed by atoms with E-state index in [0.717, 1.165) is 12.8 Å². The van der Waals surface area contributed by atoms with Crippen LogP contribution in [0.25, 0.3) is 10.1 Å². The van der Waals surface area contributed by atoms with Crippen molar-refractivity contribution in [3.63, 3.8) is 0 Å². The van der Waals surface area contributed by atoms with Crippen molar-refractivity contribution in [1.29, 1.82) is 0 Å². The number of amides is 1.